The standard InChI is InChI=1S/C12H22N4O/c1-10(2)16-11(14-9-15-16)7-13-8-12(3)5-4-6-17-12/h9-10,13H,4-8H2,1-3H3. The van der Waals surface area contributed by atoms with Crippen LogP contribution in [-0.4, -0.2) is 33.5 Å². The van der Waals surface area contributed by atoms with E-state index in [9.17, 15) is 0 Å². The van der Waals surface area contributed by atoms with Crippen LogP contribution in [0.4, 0.5) is 0 Å². The monoisotopic (exact) mass is 238 g/mol. The van der Waals surface area contributed by atoms with Crippen LogP contribution in [-0.2, 0) is 11.3 Å². The van der Waals surface area contributed by atoms with Crippen LogP contribution in [0, 0.1) is 0 Å². The van der Waals surface area contributed by atoms with Crippen molar-refractivity contribution < 1.29 is 4.74 Å². The molecule has 96 valence electrons. The molecule has 1 atom stereocenters. The van der Waals surface area contributed by atoms with Crippen LogP contribution >= 0.6 is 0 Å². The molecule has 0 amide bonds. The van der Waals surface area contributed by atoms with Crippen molar-refractivity contribution in [3.05, 3.63) is 12.2 Å². The third kappa shape index (κ3) is 3.04. The number of rotatable bonds is 5. The Bertz CT molecular complexity index is 355. The molecule has 0 saturated carbocycles. The predicted octanol–water partition coefficient (Wildman–Crippen LogP) is 1.52. The summed E-state index contributed by atoms with van der Waals surface area (Å²) in [6.07, 6.45) is 3.92. The summed E-state index contributed by atoms with van der Waals surface area (Å²) in [5, 5.41) is 7.63. The predicted molar refractivity (Wildman–Crippen MR) is 65.7 cm³/mol. The average molecular weight is 238 g/mol. The van der Waals surface area contributed by atoms with Crippen LogP contribution in [0.2, 0.25) is 0 Å². The van der Waals surface area contributed by atoms with E-state index < -0.39 is 0 Å². The SMILES string of the molecule is CC(C)n1ncnc1CNCC1(C)CCCO1. The molecule has 1 fully saturated rings. The highest BCUT2D eigenvalue weighted by Crippen LogP contribution is 2.23. The highest BCUT2D eigenvalue weighted by Gasteiger charge is 2.29. The lowest BCUT2D eigenvalue weighted by molar-refractivity contribution is 0.0205. The van der Waals surface area contributed by atoms with Crippen molar-refractivity contribution in [3.8, 4) is 0 Å². The van der Waals surface area contributed by atoms with Gasteiger partial charge in [-0.3, -0.25) is 0 Å². The molecule has 1 aromatic rings. The summed E-state index contributed by atoms with van der Waals surface area (Å²) >= 11 is 0. The second-order valence-corrected chi connectivity index (χ2v) is 5.22. The number of ether oxygens (including phenoxy) is 1. The van der Waals surface area contributed by atoms with Gasteiger partial charge in [-0.05, 0) is 33.6 Å². The number of hydrogen-bond acceptors (Lipinski definition) is 4. The Morgan fingerprint density at radius 2 is 2.41 bits per heavy atom. The van der Waals surface area contributed by atoms with Gasteiger partial charge in [-0.15, -0.1) is 0 Å². The lowest BCUT2D eigenvalue weighted by atomic mass is 10.0. The largest absolute Gasteiger partial charge is 0.374 e. The van der Waals surface area contributed by atoms with E-state index >= 15 is 0 Å². The molecule has 0 radical (unpaired) electrons. The first-order valence-electron chi connectivity index (χ1n) is 6.34. The Hall–Kier alpha value is -0.940. The van der Waals surface area contributed by atoms with Gasteiger partial charge in [0.05, 0.1) is 12.1 Å². The Morgan fingerprint density at radius 1 is 1.59 bits per heavy atom. The van der Waals surface area contributed by atoms with Gasteiger partial charge in [0.15, 0.2) is 0 Å². The van der Waals surface area contributed by atoms with E-state index in [0.29, 0.717) is 6.04 Å². The second kappa shape index (κ2) is 5.14. The summed E-state index contributed by atoms with van der Waals surface area (Å²) in [4.78, 5) is 4.27. The van der Waals surface area contributed by atoms with E-state index in [1.165, 1.54) is 6.42 Å². The van der Waals surface area contributed by atoms with E-state index in [1.807, 2.05) is 4.68 Å². The molecular weight excluding hydrogens is 216 g/mol. The van der Waals surface area contributed by atoms with Crippen LogP contribution in [0.3, 0.4) is 0 Å². The maximum absolute atomic E-state index is 5.73. The molecule has 0 bridgehead atoms. The molecule has 1 aromatic heterocycles. The van der Waals surface area contributed by atoms with Crippen LogP contribution < -0.4 is 5.32 Å². The topological polar surface area (TPSA) is 52.0 Å². The maximum atomic E-state index is 5.73. The van der Waals surface area contributed by atoms with Crippen molar-refractivity contribution in [2.75, 3.05) is 13.2 Å². The molecule has 0 aliphatic carbocycles. The minimum atomic E-state index is 0.00266. The first-order chi connectivity index (χ1) is 8.11. The Labute approximate surface area is 103 Å². The highest BCUT2D eigenvalue weighted by molar-refractivity contribution is 4.88. The zero-order valence-corrected chi connectivity index (χ0v) is 10.9. The van der Waals surface area contributed by atoms with Gasteiger partial charge in [0, 0.05) is 19.2 Å². The molecule has 1 saturated heterocycles. The minimum absolute atomic E-state index is 0.00266. The van der Waals surface area contributed by atoms with Crippen molar-refractivity contribution >= 4 is 0 Å². The molecule has 1 aliphatic heterocycles. The van der Waals surface area contributed by atoms with Gasteiger partial charge in [-0.1, -0.05) is 0 Å². The van der Waals surface area contributed by atoms with Crippen LogP contribution in [0.1, 0.15) is 45.5 Å². The quantitative estimate of drug-likeness (QED) is 0.845. The van der Waals surface area contributed by atoms with Gasteiger partial charge < -0.3 is 10.1 Å². The second-order valence-electron chi connectivity index (χ2n) is 5.22. The van der Waals surface area contributed by atoms with E-state index in [-0.39, 0.29) is 5.60 Å². The number of nitrogens with zero attached hydrogens (tertiary/aromatic N) is 3. The van der Waals surface area contributed by atoms with Crippen molar-refractivity contribution in [1.29, 1.82) is 0 Å². The molecule has 17 heavy (non-hydrogen) atoms. The average Bonchev–Trinajstić information content (AvgIpc) is 2.87. The highest BCUT2D eigenvalue weighted by atomic mass is 16.5. The van der Waals surface area contributed by atoms with E-state index in [2.05, 4.69) is 36.2 Å². The van der Waals surface area contributed by atoms with Gasteiger partial charge in [-0.25, -0.2) is 9.67 Å². The third-order valence-electron chi connectivity index (χ3n) is 3.22. The van der Waals surface area contributed by atoms with Gasteiger partial charge >= 0.3 is 0 Å². The summed E-state index contributed by atoms with van der Waals surface area (Å²) < 4.78 is 7.68. The summed E-state index contributed by atoms with van der Waals surface area (Å²) in [5.41, 5.74) is 0.00266. The smallest absolute Gasteiger partial charge is 0.141 e. The number of nitrogens with one attached hydrogen (secondary N) is 1. The molecule has 1 N–H and O–H groups in total. The summed E-state index contributed by atoms with van der Waals surface area (Å²) in [6, 6.07) is 0.354. The molecule has 2 rings (SSSR count). The van der Waals surface area contributed by atoms with Gasteiger partial charge in [0.1, 0.15) is 12.2 Å². The molecule has 2 heterocycles. The molecule has 0 spiro atoms. The van der Waals surface area contributed by atoms with E-state index in [0.717, 1.165) is 31.9 Å². The third-order valence-corrected chi connectivity index (χ3v) is 3.22. The van der Waals surface area contributed by atoms with Crippen LogP contribution in [0.25, 0.3) is 0 Å². The summed E-state index contributed by atoms with van der Waals surface area (Å²) in [7, 11) is 0. The fourth-order valence-electron chi connectivity index (χ4n) is 2.25. The summed E-state index contributed by atoms with van der Waals surface area (Å²) in [5.74, 6) is 0.988. The van der Waals surface area contributed by atoms with Crippen LogP contribution in [0.15, 0.2) is 6.33 Å². The maximum Gasteiger partial charge on any atom is 0.141 e. The Kier molecular flexibility index (Phi) is 3.79. The normalized spacial score (nSPS) is 24.7. The molecular formula is C12H22N4O. The number of aromatic nitrogens is 3. The molecule has 1 aliphatic rings. The summed E-state index contributed by atoms with van der Waals surface area (Å²) in [6.45, 7) is 8.90. The minimum Gasteiger partial charge on any atom is -0.374 e. The Morgan fingerprint density at radius 3 is 3.06 bits per heavy atom. The molecule has 1 unspecified atom stereocenters. The van der Waals surface area contributed by atoms with Crippen molar-refractivity contribution in [3.63, 3.8) is 0 Å². The molecule has 0 aromatic carbocycles. The van der Waals surface area contributed by atoms with E-state index in [1.54, 1.807) is 6.33 Å². The number of hydrogen-bond donors (Lipinski definition) is 1. The zero-order chi connectivity index (χ0) is 12.3. The lowest BCUT2D eigenvalue weighted by Gasteiger charge is -2.23. The van der Waals surface area contributed by atoms with Gasteiger partial charge in [-0.2, -0.15) is 5.10 Å². The zero-order valence-electron chi connectivity index (χ0n) is 10.9. The molecule has 5 heteroatoms. The van der Waals surface area contributed by atoms with Crippen molar-refractivity contribution in [1.82, 2.24) is 20.1 Å². The van der Waals surface area contributed by atoms with Gasteiger partial charge in [0.25, 0.3) is 0 Å². The first-order valence-corrected chi connectivity index (χ1v) is 6.34. The molecule has 5 nitrogen and oxygen atoms in total. The lowest BCUT2D eigenvalue weighted by Crippen LogP contribution is -2.37. The van der Waals surface area contributed by atoms with Crippen LogP contribution in [0.5, 0.6) is 0 Å². The van der Waals surface area contributed by atoms with Gasteiger partial charge in [0.2, 0.25) is 0 Å². The Balaban J connectivity index is 1.83. The van der Waals surface area contributed by atoms with Crippen molar-refractivity contribution in [2.24, 2.45) is 0 Å². The van der Waals surface area contributed by atoms with E-state index in [4.69, 9.17) is 4.74 Å². The fourth-order valence-corrected chi connectivity index (χ4v) is 2.25. The fraction of sp³-hybridized carbons (Fsp3) is 0.833. The first kappa shape index (κ1) is 12.5. The van der Waals surface area contributed by atoms with Crippen molar-refractivity contribution in [2.45, 2.75) is 51.8 Å².